The lowest BCUT2D eigenvalue weighted by Gasteiger charge is -2.35. The number of hydrogen-bond donors (Lipinski definition) is 1. The number of carbonyl (C=O) groups is 1. The van der Waals surface area contributed by atoms with Gasteiger partial charge in [-0.1, -0.05) is 31.4 Å². The summed E-state index contributed by atoms with van der Waals surface area (Å²) in [7, 11) is 0. The van der Waals surface area contributed by atoms with Gasteiger partial charge in [0.1, 0.15) is 0 Å². The summed E-state index contributed by atoms with van der Waals surface area (Å²) >= 11 is 0. The van der Waals surface area contributed by atoms with Gasteiger partial charge in [0.25, 0.3) is 0 Å². The third kappa shape index (κ3) is 3.83. The first-order valence-electron chi connectivity index (χ1n) is 10.7. The van der Waals surface area contributed by atoms with E-state index in [1.807, 2.05) is 13.8 Å². The summed E-state index contributed by atoms with van der Waals surface area (Å²) < 4.78 is 2.48. The number of nitrogens with one attached hydrogen (secondary N) is 1. The zero-order valence-electron chi connectivity index (χ0n) is 16.7. The number of fused-ring (bicyclic) bond motifs is 1. The van der Waals surface area contributed by atoms with Crippen LogP contribution in [0.15, 0.2) is 24.3 Å². The minimum absolute atomic E-state index is 0.0563. The predicted molar refractivity (Wildman–Crippen MR) is 110 cm³/mol. The van der Waals surface area contributed by atoms with Crippen LogP contribution in [0.25, 0.3) is 11.0 Å². The highest BCUT2D eigenvalue weighted by Gasteiger charge is 2.30. The minimum atomic E-state index is 0.0563. The summed E-state index contributed by atoms with van der Waals surface area (Å²) in [5.41, 5.74) is 2.32. The monoisotopic (exact) mass is 368 g/mol. The topological polar surface area (TPSA) is 50.2 Å². The Balaban J connectivity index is 1.65. The van der Waals surface area contributed by atoms with Crippen LogP contribution in [0.1, 0.15) is 64.8 Å². The molecule has 1 saturated carbocycles. The molecule has 1 aliphatic carbocycles. The van der Waals surface area contributed by atoms with Crippen molar-refractivity contribution >= 4 is 22.9 Å². The fourth-order valence-corrected chi connectivity index (χ4v) is 4.73. The molecule has 5 nitrogen and oxygen atoms in total. The molecule has 4 rings (SSSR count). The molecular weight excluding hydrogens is 336 g/mol. The van der Waals surface area contributed by atoms with Gasteiger partial charge in [-0.25, -0.2) is 4.98 Å². The molecule has 27 heavy (non-hydrogen) atoms. The van der Waals surface area contributed by atoms with E-state index >= 15 is 0 Å². The van der Waals surface area contributed by atoms with E-state index in [2.05, 4.69) is 39.0 Å². The van der Waals surface area contributed by atoms with Gasteiger partial charge in [-0.05, 0) is 51.7 Å². The summed E-state index contributed by atoms with van der Waals surface area (Å²) in [6, 6.07) is 9.23. The maximum atomic E-state index is 12.6. The SMILES string of the molecule is CC(C)NC(=O)[C@H]1CCCN(c2nc3ccccc3n2C2CCCCC2)C1. The Hall–Kier alpha value is -2.04. The molecule has 0 unspecified atom stereocenters. The van der Waals surface area contributed by atoms with Crippen LogP contribution >= 0.6 is 0 Å². The number of anilines is 1. The van der Waals surface area contributed by atoms with Crippen molar-refractivity contribution in [2.45, 2.75) is 70.9 Å². The lowest BCUT2D eigenvalue weighted by atomic mass is 9.95. The highest BCUT2D eigenvalue weighted by atomic mass is 16.2. The molecule has 1 N–H and O–H groups in total. The van der Waals surface area contributed by atoms with Crippen LogP contribution in [-0.2, 0) is 4.79 Å². The van der Waals surface area contributed by atoms with Crippen molar-refractivity contribution < 1.29 is 4.79 Å². The Morgan fingerprint density at radius 3 is 2.67 bits per heavy atom. The maximum Gasteiger partial charge on any atom is 0.225 e. The van der Waals surface area contributed by atoms with E-state index in [0.29, 0.717) is 6.04 Å². The Kier molecular flexibility index (Phi) is 5.37. The van der Waals surface area contributed by atoms with Gasteiger partial charge < -0.3 is 14.8 Å². The zero-order valence-corrected chi connectivity index (χ0v) is 16.7. The van der Waals surface area contributed by atoms with Crippen molar-refractivity contribution in [3.63, 3.8) is 0 Å². The number of para-hydroxylation sites is 2. The molecule has 1 amide bonds. The molecule has 1 aromatic heterocycles. The van der Waals surface area contributed by atoms with Gasteiger partial charge in [0.15, 0.2) is 0 Å². The predicted octanol–water partition coefficient (Wildman–Crippen LogP) is 4.28. The van der Waals surface area contributed by atoms with Gasteiger partial charge in [-0.3, -0.25) is 4.79 Å². The van der Waals surface area contributed by atoms with Gasteiger partial charge in [-0.15, -0.1) is 0 Å². The van der Waals surface area contributed by atoms with Gasteiger partial charge in [-0.2, -0.15) is 0 Å². The summed E-state index contributed by atoms with van der Waals surface area (Å²) in [6.45, 7) is 5.82. The van der Waals surface area contributed by atoms with E-state index in [-0.39, 0.29) is 17.9 Å². The normalized spacial score (nSPS) is 21.7. The number of nitrogens with zero attached hydrogens (tertiary/aromatic N) is 3. The first kappa shape index (κ1) is 18.3. The molecule has 1 saturated heterocycles. The first-order valence-corrected chi connectivity index (χ1v) is 10.7. The fourth-order valence-electron chi connectivity index (χ4n) is 4.73. The van der Waals surface area contributed by atoms with Gasteiger partial charge in [0.05, 0.1) is 17.0 Å². The number of imidazole rings is 1. The molecule has 0 bridgehead atoms. The molecular formula is C22H32N4O. The second kappa shape index (κ2) is 7.91. The molecule has 0 radical (unpaired) electrons. The van der Waals surface area contributed by atoms with Crippen LogP contribution in [0.3, 0.4) is 0 Å². The van der Waals surface area contributed by atoms with E-state index in [1.54, 1.807) is 0 Å². The number of piperidine rings is 1. The van der Waals surface area contributed by atoms with Gasteiger partial charge >= 0.3 is 0 Å². The largest absolute Gasteiger partial charge is 0.354 e. The molecule has 146 valence electrons. The lowest BCUT2D eigenvalue weighted by Crippen LogP contribution is -2.45. The van der Waals surface area contributed by atoms with Crippen LogP contribution in [-0.4, -0.2) is 34.6 Å². The molecule has 0 spiro atoms. The highest BCUT2D eigenvalue weighted by molar-refractivity contribution is 5.81. The molecule has 1 aliphatic heterocycles. The second-order valence-electron chi connectivity index (χ2n) is 8.51. The Labute approximate surface area is 162 Å². The number of carbonyl (C=O) groups excluding carboxylic acids is 1. The average Bonchev–Trinajstić information content (AvgIpc) is 3.08. The van der Waals surface area contributed by atoms with Crippen molar-refractivity contribution in [2.24, 2.45) is 5.92 Å². The third-order valence-corrected chi connectivity index (χ3v) is 6.02. The Morgan fingerprint density at radius 1 is 1.11 bits per heavy atom. The maximum absolute atomic E-state index is 12.6. The van der Waals surface area contributed by atoms with E-state index in [9.17, 15) is 4.79 Å². The van der Waals surface area contributed by atoms with Crippen molar-refractivity contribution in [1.82, 2.24) is 14.9 Å². The number of hydrogen-bond acceptors (Lipinski definition) is 3. The summed E-state index contributed by atoms with van der Waals surface area (Å²) in [4.78, 5) is 20.0. The van der Waals surface area contributed by atoms with Crippen molar-refractivity contribution in [2.75, 3.05) is 18.0 Å². The van der Waals surface area contributed by atoms with E-state index in [0.717, 1.165) is 37.4 Å². The van der Waals surface area contributed by atoms with Crippen LogP contribution < -0.4 is 10.2 Å². The zero-order chi connectivity index (χ0) is 18.8. The molecule has 2 heterocycles. The minimum Gasteiger partial charge on any atom is -0.354 e. The average molecular weight is 369 g/mol. The van der Waals surface area contributed by atoms with E-state index in [1.165, 1.54) is 37.6 Å². The smallest absolute Gasteiger partial charge is 0.225 e. The van der Waals surface area contributed by atoms with E-state index < -0.39 is 0 Å². The third-order valence-electron chi connectivity index (χ3n) is 6.02. The Morgan fingerprint density at radius 2 is 1.89 bits per heavy atom. The quantitative estimate of drug-likeness (QED) is 0.876. The highest BCUT2D eigenvalue weighted by Crippen LogP contribution is 2.36. The molecule has 2 fully saturated rings. The van der Waals surface area contributed by atoms with Crippen LogP contribution in [0.4, 0.5) is 5.95 Å². The Bertz CT molecular complexity index is 791. The van der Waals surface area contributed by atoms with Crippen molar-refractivity contribution in [3.05, 3.63) is 24.3 Å². The summed E-state index contributed by atoms with van der Waals surface area (Å²) in [6.07, 6.45) is 8.44. The molecule has 2 aromatic rings. The molecule has 1 aromatic carbocycles. The van der Waals surface area contributed by atoms with Crippen molar-refractivity contribution in [3.8, 4) is 0 Å². The summed E-state index contributed by atoms with van der Waals surface area (Å²) in [5, 5.41) is 3.10. The molecule has 1 atom stereocenters. The van der Waals surface area contributed by atoms with Crippen LogP contribution in [0, 0.1) is 5.92 Å². The van der Waals surface area contributed by atoms with Gasteiger partial charge in [0, 0.05) is 25.2 Å². The summed E-state index contributed by atoms with van der Waals surface area (Å²) in [5.74, 6) is 1.32. The fraction of sp³-hybridized carbons (Fsp3) is 0.636. The van der Waals surface area contributed by atoms with Crippen LogP contribution in [0.5, 0.6) is 0 Å². The van der Waals surface area contributed by atoms with Crippen LogP contribution in [0.2, 0.25) is 0 Å². The van der Waals surface area contributed by atoms with E-state index in [4.69, 9.17) is 4.98 Å². The number of rotatable bonds is 4. The number of benzene rings is 1. The molecule has 2 aliphatic rings. The number of aromatic nitrogens is 2. The van der Waals surface area contributed by atoms with Crippen molar-refractivity contribution in [1.29, 1.82) is 0 Å². The standard InChI is InChI=1S/C22H32N4O/c1-16(2)23-21(27)17-9-8-14-25(15-17)22-24-19-12-6-7-13-20(19)26(22)18-10-4-3-5-11-18/h6-7,12-13,16-18H,3-5,8-11,14-15H2,1-2H3,(H,23,27)/t17-/m0/s1. The second-order valence-corrected chi connectivity index (χ2v) is 8.51. The van der Waals surface area contributed by atoms with Gasteiger partial charge in [0.2, 0.25) is 11.9 Å². The molecule has 5 heteroatoms. The number of amides is 1. The first-order chi connectivity index (χ1) is 13.1. The lowest BCUT2D eigenvalue weighted by molar-refractivity contribution is -0.125.